The molecule has 0 spiro atoms. The van der Waals surface area contributed by atoms with Gasteiger partial charge in [-0.05, 0) is 62.8 Å². The zero-order valence-corrected chi connectivity index (χ0v) is 19.0. The molecule has 1 fully saturated rings. The fourth-order valence-electron chi connectivity index (χ4n) is 4.47. The van der Waals surface area contributed by atoms with Crippen molar-refractivity contribution in [2.45, 2.75) is 58.4 Å². The normalized spacial score (nSPS) is 18.0. The van der Waals surface area contributed by atoms with Crippen LogP contribution in [0.15, 0.2) is 30.5 Å². The van der Waals surface area contributed by atoms with Gasteiger partial charge in [-0.2, -0.15) is 0 Å². The topological polar surface area (TPSA) is 84.3 Å². The molecule has 0 unspecified atom stereocenters. The molecule has 0 bridgehead atoms. The van der Waals surface area contributed by atoms with Crippen LogP contribution >= 0.6 is 0 Å². The Balaban J connectivity index is 1.33. The predicted molar refractivity (Wildman–Crippen MR) is 122 cm³/mol. The van der Waals surface area contributed by atoms with Crippen LogP contribution in [0.5, 0.6) is 0 Å². The van der Waals surface area contributed by atoms with Crippen molar-refractivity contribution in [3.63, 3.8) is 0 Å². The van der Waals surface area contributed by atoms with Crippen molar-refractivity contribution in [3.05, 3.63) is 36.2 Å². The van der Waals surface area contributed by atoms with E-state index in [0.29, 0.717) is 32.4 Å². The molecule has 0 radical (unpaired) electrons. The lowest BCUT2D eigenvalue weighted by molar-refractivity contribution is -0.120. The van der Waals surface area contributed by atoms with E-state index in [9.17, 15) is 13.2 Å². The van der Waals surface area contributed by atoms with Crippen LogP contribution in [-0.2, 0) is 27.8 Å². The smallest absolute Gasteiger partial charge is 0.227 e. The average Bonchev–Trinajstić information content (AvgIpc) is 3.22. The number of amides is 1. The van der Waals surface area contributed by atoms with E-state index in [1.165, 1.54) is 18.5 Å². The maximum Gasteiger partial charge on any atom is 0.227 e. The van der Waals surface area contributed by atoms with Crippen LogP contribution < -0.4 is 5.32 Å². The highest BCUT2D eigenvalue weighted by molar-refractivity contribution is 7.89. The molecule has 3 heterocycles. The second kappa shape index (κ2) is 9.53. The summed E-state index contributed by atoms with van der Waals surface area (Å²) in [7, 11) is -3.19. The van der Waals surface area contributed by atoms with E-state index in [2.05, 4.69) is 14.9 Å². The minimum Gasteiger partial charge on any atom is -0.328 e. The summed E-state index contributed by atoms with van der Waals surface area (Å²) in [5.41, 5.74) is 3.11. The number of anilines is 1. The molecule has 2 aromatic rings. The second-order valence-electron chi connectivity index (χ2n) is 8.59. The molecule has 2 aliphatic heterocycles. The Morgan fingerprint density at radius 2 is 1.87 bits per heavy atom. The van der Waals surface area contributed by atoms with Crippen molar-refractivity contribution in [3.8, 4) is 11.4 Å². The van der Waals surface area contributed by atoms with Gasteiger partial charge in [-0.15, -0.1) is 0 Å². The molecule has 4 rings (SSSR count). The number of fused-ring (bicyclic) bond motifs is 1. The van der Waals surface area contributed by atoms with Gasteiger partial charge < -0.3 is 9.88 Å². The van der Waals surface area contributed by atoms with E-state index in [1.807, 2.05) is 37.4 Å². The number of piperidine rings is 1. The summed E-state index contributed by atoms with van der Waals surface area (Å²) in [6, 6.07) is 7.84. The molecule has 0 atom stereocenters. The van der Waals surface area contributed by atoms with Gasteiger partial charge in [0, 0.05) is 48.7 Å². The van der Waals surface area contributed by atoms with E-state index in [-0.39, 0.29) is 17.6 Å². The maximum atomic E-state index is 12.7. The number of aromatic nitrogens is 2. The molecule has 168 valence electrons. The van der Waals surface area contributed by atoms with Crippen LogP contribution in [0.3, 0.4) is 0 Å². The van der Waals surface area contributed by atoms with Crippen molar-refractivity contribution < 1.29 is 13.2 Å². The molecule has 1 N–H and O–H groups in total. The Morgan fingerprint density at radius 3 is 2.58 bits per heavy atom. The van der Waals surface area contributed by atoms with Crippen molar-refractivity contribution in [1.82, 2.24) is 13.9 Å². The maximum absolute atomic E-state index is 12.7. The Bertz CT molecular complexity index is 1010. The molecular weight excluding hydrogens is 412 g/mol. The Kier molecular flexibility index (Phi) is 6.77. The van der Waals surface area contributed by atoms with E-state index in [4.69, 9.17) is 0 Å². The average molecular weight is 445 g/mol. The highest BCUT2D eigenvalue weighted by Crippen LogP contribution is 2.26. The third-order valence-corrected chi connectivity index (χ3v) is 8.34. The number of carbonyl (C=O) groups is 1. The number of aryl methyl sites for hydroxylation is 1. The van der Waals surface area contributed by atoms with Crippen molar-refractivity contribution in [2.24, 2.45) is 5.92 Å². The van der Waals surface area contributed by atoms with Gasteiger partial charge >= 0.3 is 0 Å². The molecule has 8 heteroatoms. The number of nitrogens with one attached hydrogen (secondary N) is 1. The quantitative estimate of drug-likeness (QED) is 0.706. The van der Waals surface area contributed by atoms with Gasteiger partial charge in [0.05, 0.1) is 5.75 Å². The molecular formula is C23H32N4O3S. The lowest BCUT2D eigenvalue weighted by Gasteiger charge is -2.30. The predicted octanol–water partition coefficient (Wildman–Crippen LogP) is 3.67. The lowest BCUT2D eigenvalue weighted by Crippen LogP contribution is -2.42. The summed E-state index contributed by atoms with van der Waals surface area (Å²) in [4.78, 5) is 17.3. The van der Waals surface area contributed by atoms with Gasteiger partial charge in [-0.25, -0.2) is 17.7 Å². The molecule has 1 aromatic carbocycles. The molecule has 0 aliphatic carbocycles. The first-order valence-corrected chi connectivity index (χ1v) is 13.0. The molecule has 2 aliphatic rings. The summed E-state index contributed by atoms with van der Waals surface area (Å²) in [6.45, 7) is 3.85. The number of nitrogens with zero attached hydrogens (tertiary/aromatic N) is 3. The minimum atomic E-state index is -3.19. The Morgan fingerprint density at radius 1 is 1.13 bits per heavy atom. The number of hydrogen-bond acceptors (Lipinski definition) is 4. The van der Waals surface area contributed by atoms with E-state index in [1.54, 1.807) is 4.31 Å². The molecule has 1 saturated heterocycles. The number of carbonyl (C=O) groups excluding carboxylic acids is 1. The highest BCUT2D eigenvalue weighted by Gasteiger charge is 2.30. The summed E-state index contributed by atoms with van der Waals surface area (Å²) in [6.07, 6.45) is 8.13. The number of sulfonamides is 1. The monoisotopic (exact) mass is 444 g/mol. The van der Waals surface area contributed by atoms with Gasteiger partial charge in [0.25, 0.3) is 0 Å². The van der Waals surface area contributed by atoms with Crippen molar-refractivity contribution in [2.75, 3.05) is 24.2 Å². The van der Waals surface area contributed by atoms with E-state index < -0.39 is 10.0 Å². The van der Waals surface area contributed by atoms with Crippen LogP contribution in [0.2, 0.25) is 0 Å². The third kappa shape index (κ3) is 5.01. The first kappa shape index (κ1) is 22.0. The van der Waals surface area contributed by atoms with Crippen molar-refractivity contribution >= 4 is 21.6 Å². The largest absolute Gasteiger partial charge is 0.328 e. The number of benzene rings is 1. The van der Waals surface area contributed by atoms with Crippen LogP contribution in [0.1, 0.15) is 51.1 Å². The minimum absolute atomic E-state index is 0.0310. The number of hydrogen-bond donors (Lipinski definition) is 1. The number of rotatable bonds is 7. The molecule has 7 nitrogen and oxygen atoms in total. The van der Waals surface area contributed by atoms with Gasteiger partial charge in [-0.1, -0.05) is 13.3 Å². The first-order chi connectivity index (χ1) is 15.0. The lowest BCUT2D eigenvalue weighted by atomic mass is 9.97. The first-order valence-electron chi connectivity index (χ1n) is 11.4. The molecule has 1 aromatic heterocycles. The zero-order valence-electron chi connectivity index (χ0n) is 18.2. The standard InChI is InChI=1S/C23H32N4O3S/c1-2-3-16-31(29,30)26-14-11-19(12-15-26)23(28)25-20-9-7-18(8-10-20)22-24-17-21-6-4-5-13-27(21)22/h7-10,17,19H,2-6,11-16H2,1H3,(H,25,28). The highest BCUT2D eigenvalue weighted by atomic mass is 32.2. The van der Waals surface area contributed by atoms with Crippen LogP contribution in [0.25, 0.3) is 11.4 Å². The summed E-state index contributed by atoms with van der Waals surface area (Å²) >= 11 is 0. The fraction of sp³-hybridized carbons (Fsp3) is 0.565. The Hall–Kier alpha value is -2.19. The SMILES string of the molecule is CCCCS(=O)(=O)N1CCC(C(=O)Nc2ccc(-c3ncc4n3CCCC4)cc2)CC1. The van der Waals surface area contributed by atoms with E-state index >= 15 is 0 Å². The number of imidazole rings is 1. The number of unbranched alkanes of at least 4 members (excludes halogenated alkanes) is 1. The zero-order chi connectivity index (χ0) is 21.8. The molecule has 0 saturated carbocycles. The van der Waals surface area contributed by atoms with Gasteiger partial charge in [-0.3, -0.25) is 4.79 Å². The molecule has 1 amide bonds. The Labute approximate surface area is 184 Å². The van der Waals surface area contributed by atoms with Crippen LogP contribution in [0.4, 0.5) is 5.69 Å². The summed E-state index contributed by atoms with van der Waals surface area (Å²) in [5.74, 6) is 1.00. The summed E-state index contributed by atoms with van der Waals surface area (Å²) in [5, 5.41) is 3.00. The third-order valence-electron chi connectivity index (χ3n) is 6.39. The van der Waals surface area contributed by atoms with Crippen LogP contribution in [-0.4, -0.2) is 47.0 Å². The second-order valence-corrected chi connectivity index (χ2v) is 10.7. The summed E-state index contributed by atoms with van der Waals surface area (Å²) < 4.78 is 28.5. The fourth-order valence-corrected chi connectivity index (χ4v) is 6.14. The van der Waals surface area contributed by atoms with Crippen molar-refractivity contribution in [1.29, 1.82) is 0 Å². The molecule has 31 heavy (non-hydrogen) atoms. The van der Waals surface area contributed by atoms with Gasteiger partial charge in [0.2, 0.25) is 15.9 Å². The van der Waals surface area contributed by atoms with Crippen LogP contribution in [0, 0.1) is 5.92 Å². The van der Waals surface area contributed by atoms with E-state index in [0.717, 1.165) is 36.5 Å². The van der Waals surface area contributed by atoms with Gasteiger partial charge in [0.1, 0.15) is 5.82 Å². The van der Waals surface area contributed by atoms with Gasteiger partial charge in [0.15, 0.2) is 0 Å².